The van der Waals surface area contributed by atoms with Gasteiger partial charge >= 0.3 is 0 Å². The molecule has 2 fully saturated rings. The van der Waals surface area contributed by atoms with Gasteiger partial charge in [0.05, 0.1) is 12.6 Å². The number of aliphatic imine (C=N–C) groups is 1. The Morgan fingerprint density at radius 1 is 1.35 bits per heavy atom. The van der Waals surface area contributed by atoms with Gasteiger partial charge in [-0.1, -0.05) is 6.07 Å². The predicted octanol–water partition coefficient (Wildman–Crippen LogP) is 2.55. The maximum Gasteiger partial charge on any atom is 0.191 e. The smallest absolute Gasteiger partial charge is 0.191 e. The SMILES string of the molecule is CCNC(=NCC1CCCO1)NC1CC1c1c(F)cccc1F. The number of hydrogen-bond donors (Lipinski definition) is 2. The molecule has 1 saturated heterocycles. The molecule has 2 N–H and O–H groups in total. The molecule has 0 spiro atoms. The highest BCUT2D eigenvalue weighted by Gasteiger charge is 2.42. The van der Waals surface area contributed by atoms with Crippen LogP contribution in [0.3, 0.4) is 0 Å². The van der Waals surface area contributed by atoms with Crippen molar-refractivity contribution in [2.45, 2.75) is 44.2 Å². The Hall–Kier alpha value is -1.69. The molecule has 3 unspecified atom stereocenters. The van der Waals surface area contributed by atoms with Crippen LogP contribution in [0.5, 0.6) is 0 Å². The summed E-state index contributed by atoms with van der Waals surface area (Å²) in [6, 6.07) is 4.03. The van der Waals surface area contributed by atoms with Crippen LogP contribution in [-0.4, -0.2) is 37.8 Å². The van der Waals surface area contributed by atoms with Crippen LogP contribution in [0.15, 0.2) is 23.2 Å². The predicted molar refractivity (Wildman–Crippen MR) is 85.6 cm³/mol. The summed E-state index contributed by atoms with van der Waals surface area (Å²) in [5, 5.41) is 6.44. The van der Waals surface area contributed by atoms with E-state index in [4.69, 9.17) is 4.74 Å². The van der Waals surface area contributed by atoms with Gasteiger partial charge in [-0.15, -0.1) is 0 Å². The Kier molecular flexibility index (Phi) is 5.10. The van der Waals surface area contributed by atoms with E-state index in [0.29, 0.717) is 18.9 Å². The average Bonchev–Trinajstić information content (AvgIpc) is 3.06. The van der Waals surface area contributed by atoms with Crippen molar-refractivity contribution in [1.29, 1.82) is 0 Å². The van der Waals surface area contributed by atoms with Crippen LogP contribution in [0.1, 0.15) is 37.7 Å². The van der Waals surface area contributed by atoms with E-state index >= 15 is 0 Å². The molecule has 4 nitrogen and oxygen atoms in total. The number of benzene rings is 1. The second-order valence-corrected chi connectivity index (χ2v) is 6.08. The summed E-state index contributed by atoms with van der Waals surface area (Å²) in [4.78, 5) is 4.53. The third kappa shape index (κ3) is 3.99. The van der Waals surface area contributed by atoms with Gasteiger partial charge in [0.2, 0.25) is 0 Å². The Morgan fingerprint density at radius 3 is 2.78 bits per heavy atom. The van der Waals surface area contributed by atoms with Crippen LogP contribution in [-0.2, 0) is 4.74 Å². The van der Waals surface area contributed by atoms with E-state index in [2.05, 4.69) is 15.6 Å². The lowest BCUT2D eigenvalue weighted by Gasteiger charge is -2.13. The minimum absolute atomic E-state index is 0.0173. The summed E-state index contributed by atoms with van der Waals surface area (Å²) in [6.45, 7) is 4.15. The highest BCUT2D eigenvalue weighted by molar-refractivity contribution is 5.80. The fourth-order valence-electron chi connectivity index (χ4n) is 3.02. The second-order valence-electron chi connectivity index (χ2n) is 6.08. The maximum absolute atomic E-state index is 13.8. The van der Waals surface area contributed by atoms with E-state index in [-0.39, 0.29) is 23.6 Å². The van der Waals surface area contributed by atoms with E-state index in [1.807, 2.05) is 6.92 Å². The van der Waals surface area contributed by atoms with Crippen molar-refractivity contribution in [3.8, 4) is 0 Å². The van der Waals surface area contributed by atoms with Gasteiger partial charge in [-0.3, -0.25) is 4.99 Å². The summed E-state index contributed by atoms with van der Waals surface area (Å²) in [5.41, 5.74) is 0.181. The largest absolute Gasteiger partial charge is 0.376 e. The molecule has 3 rings (SSSR count). The molecule has 0 aromatic heterocycles. The molecule has 0 radical (unpaired) electrons. The van der Waals surface area contributed by atoms with Gasteiger partial charge in [-0.05, 0) is 38.3 Å². The number of halogens is 2. The minimum atomic E-state index is -0.472. The molecule has 23 heavy (non-hydrogen) atoms. The molecule has 1 aromatic carbocycles. The van der Waals surface area contributed by atoms with E-state index < -0.39 is 11.6 Å². The van der Waals surface area contributed by atoms with E-state index in [1.54, 1.807) is 0 Å². The lowest BCUT2D eigenvalue weighted by molar-refractivity contribution is 0.117. The lowest BCUT2D eigenvalue weighted by Crippen LogP contribution is -2.39. The Balaban J connectivity index is 1.60. The first kappa shape index (κ1) is 16.2. The van der Waals surface area contributed by atoms with Crippen molar-refractivity contribution in [2.75, 3.05) is 19.7 Å². The number of rotatable bonds is 5. The highest BCUT2D eigenvalue weighted by atomic mass is 19.1. The van der Waals surface area contributed by atoms with Crippen LogP contribution in [0.25, 0.3) is 0 Å². The molecule has 0 bridgehead atoms. The van der Waals surface area contributed by atoms with Gasteiger partial charge in [-0.25, -0.2) is 8.78 Å². The normalized spacial score (nSPS) is 27.1. The van der Waals surface area contributed by atoms with Crippen molar-refractivity contribution in [1.82, 2.24) is 10.6 Å². The van der Waals surface area contributed by atoms with Crippen molar-refractivity contribution < 1.29 is 13.5 Å². The fourth-order valence-corrected chi connectivity index (χ4v) is 3.02. The zero-order chi connectivity index (χ0) is 16.2. The average molecular weight is 323 g/mol. The van der Waals surface area contributed by atoms with Crippen molar-refractivity contribution in [2.24, 2.45) is 4.99 Å². The maximum atomic E-state index is 13.8. The van der Waals surface area contributed by atoms with Gasteiger partial charge in [0.25, 0.3) is 0 Å². The van der Waals surface area contributed by atoms with E-state index in [0.717, 1.165) is 26.0 Å². The van der Waals surface area contributed by atoms with Gasteiger partial charge in [0.1, 0.15) is 11.6 Å². The van der Waals surface area contributed by atoms with Crippen molar-refractivity contribution in [3.05, 3.63) is 35.4 Å². The summed E-state index contributed by atoms with van der Waals surface area (Å²) in [5.74, 6) is -0.392. The van der Waals surface area contributed by atoms with Gasteiger partial charge in [0.15, 0.2) is 5.96 Å². The number of ether oxygens (including phenoxy) is 1. The standard InChI is InChI=1S/C17H23F2N3O/c1-2-20-17(21-10-11-5-4-8-23-11)22-15-9-12(15)16-13(18)6-3-7-14(16)19/h3,6-7,11-12,15H,2,4-5,8-10H2,1H3,(H2,20,21,22). The van der Waals surface area contributed by atoms with Crippen LogP contribution >= 0.6 is 0 Å². The first-order valence-corrected chi connectivity index (χ1v) is 8.29. The van der Waals surface area contributed by atoms with Crippen molar-refractivity contribution in [3.63, 3.8) is 0 Å². The third-order valence-corrected chi connectivity index (χ3v) is 4.30. The molecular weight excluding hydrogens is 300 g/mol. The molecular formula is C17H23F2N3O. The van der Waals surface area contributed by atoms with E-state index in [1.165, 1.54) is 18.2 Å². The fraction of sp³-hybridized carbons (Fsp3) is 0.588. The second kappa shape index (κ2) is 7.25. The number of nitrogens with zero attached hydrogens (tertiary/aromatic N) is 1. The van der Waals surface area contributed by atoms with Gasteiger partial charge in [-0.2, -0.15) is 0 Å². The summed E-state index contributed by atoms with van der Waals surface area (Å²) >= 11 is 0. The molecule has 0 amide bonds. The highest BCUT2D eigenvalue weighted by Crippen LogP contribution is 2.43. The Bertz CT molecular complexity index is 553. The molecule has 1 aliphatic heterocycles. The van der Waals surface area contributed by atoms with Crippen LogP contribution in [0.2, 0.25) is 0 Å². The molecule has 1 aromatic rings. The monoisotopic (exact) mass is 323 g/mol. The Labute approximate surface area is 135 Å². The number of guanidine groups is 1. The molecule has 6 heteroatoms. The van der Waals surface area contributed by atoms with Crippen LogP contribution in [0.4, 0.5) is 8.78 Å². The number of nitrogens with one attached hydrogen (secondary N) is 2. The first-order chi connectivity index (χ1) is 11.2. The van der Waals surface area contributed by atoms with E-state index in [9.17, 15) is 8.78 Å². The molecule has 126 valence electrons. The first-order valence-electron chi connectivity index (χ1n) is 8.29. The van der Waals surface area contributed by atoms with Gasteiger partial charge < -0.3 is 15.4 Å². The quantitative estimate of drug-likeness (QED) is 0.647. The summed E-state index contributed by atoms with van der Waals surface area (Å²) in [7, 11) is 0. The van der Waals surface area contributed by atoms with Crippen molar-refractivity contribution >= 4 is 5.96 Å². The zero-order valence-corrected chi connectivity index (χ0v) is 13.3. The molecule has 3 atom stereocenters. The molecule has 2 aliphatic rings. The van der Waals surface area contributed by atoms with Gasteiger partial charge in [0, 0.05) is 30.7 Å². The summed E-state index contributed by atoms with van der Waals surface area (Å²) < 4.78 is 33.2. The zero-order valence-electron chi connectivity index (χ0n) is 13.3. The minimum Gasteiger partial charge on any atom is -0.376 e. The molecule has 1 saturated carbocycles. The topological polar surface area (TPSA) is 45.7 Å². The lowest BCUT2D eigenvalue weighted by atomic mass is 10.1. The van der Waals surface area contributed by atoms with Crippen LogP contribution in [0, 0.1) is 11.6 Å². The molecule has 1 heterocycles. The van der Waals surface area contributed by atoms with Crippen LogP contribution < -0.4 is 10.6 Å². The number of hydrogen-bond acceptors (Lipinski definition) is 2. The molecule has 1 aliphatic carbocycles. The third-order valence-electron chi connectivity index (χ3n) is 4.30. The Morgan fingerprint density at radius 2 is 2.13 bits per heavy atom. The summed E-state index contributed by atoms with van der Waals surface area (Å²) in [6.07, 6.45) is 3.02.